The van der Waals surface area contributed by atoms with Crippen molar-refractivity contribution < 1.29 is 0 Å². The van der Waals surface area contributed by atoms with Crippen LogP contribution in [0.4, 0.5) is 0 Å². The molecule has 0 nitrogen and oxygen atoms in total. The Morgan fingerprint density at radius 3 is 1.44 bits per heavy atom. The highest BCUT2D eigenvalue weighted by atomic mass is 14.1. The fraction of sp³-hybridized carbons (Fsp3) is 0. The predicted molar refractivity (Wildman–Crippen MR) is 76.6 cm³/mol. The van der Waals surface area contributed by atoms with Gasteiger partial charge in [-0.3, -0.25) is 0 Å². The summed E-state index contributed by atoms with van der Waals surface area (Å²) in [4.78, 5) is 0. The molecule has 0 heteroatoms. The highest BCUT2D eigenvalue weighted by Crippen LogP contribution is 2.34. The molecule has 0 spiro atoms. The molecule has 0 aliphatic rings. The average molecular weight is 226 g/mol. The van der Waals surface area contributed by atoms with Crippen molar-refractivity contribution in [3.63, 3.8) is 0 Å². The monoisotopic (exact) mass is 226 g/mol. The molecule has 18 heavy (non-hydrogen) atoms. The maximum Gasteiger partial charge on any atom is -0.00926 e. The Labute approximate surface area is 105 Å². The van der Waals surface area contributed by atoms with E-state index in [4.69, 9.17) is 0 Å². The molecule has 0 saturated carbocycles. The molecule has 0 saturated heterocycles. The van der Waals surface area contributed by atoms with E-state index >= 15 is 0 Å². The van der Waals surface area contributed by atoms with E-state index < -0.39 is 0 Å². The summed E-state index contributed by atoms with van der Waals surface area (Å²) in [5, 5.41) is 7.69. The standard InChI is InChI=1S/C18H10/c1-2-8-14-13(7-1)15-9-3-4-11-17(15)18-12-6-5-10-16(14)18/h1-3,5,7-12H. The van der Waals surface area contributed by atoms with Gasteiger partial charge in [-0.25, -0.2) is 0 Å². The van der Waals surface area contributed by atoms with Crippen molar-refractivity contribution in [1.82, 2.24) is 0 Å². The molecule has 0 heterocycles. The Kier molecular flexibility index (Phi) is 1.92. The molecule has 0 unspecified atom stereocenters. The van der Waals surface area contributed by atoms with Crippen molar-refractivity contribution >= 4 is 32.3 Å². The average Bonchev–Trinajstić information content (AvgIpc) is 2.48. The second kappa shape index (κ2) is 3.58. The van der Waals surface area contributed by atoms with E-state index in [2.05, 4.69) is 60.7 Å². The normalized spacial score (nSPS) is 11.3. The van der Waals surface area contributed by atoms with Crippen LogP contribution in [-0.4, -0.2) is 0 Å². The number of benzene rings is 4. The summed E-state index contributed by atoms with van der Waals surface area (Å²) >= 11 is 0. The Balaban J connectivity index is 2.46. The first-order valence-corrected chi connectivity index (χ1v) is 6.05. The van der Waals surface area contributed by atoms with E-state index in [1.807, 2.05) is 12.1 Å². The third-order valence-electron chi connectivity index (χ3n) is 3.53. The van der Waals surface area contributed by atoms with Crippen molar-refractivity contribution in [2.75, 3.05) is 0 Å². The molecule has 0 aliphatic heterocycles. The lowest BCUT2D eigenvalue weighted by atomic mass is 9.95. The summed E-state index contributed by atoms with van der Waals surface area (Å²) < 4.78 is 0. The molecule has 4 aromatic carbocycles. The number of hydrogen-bond donors (Lipinski definition) is 0. The van der Waals surface area contributed by atoms with E-state index in [1.165, 1.54) is 32.3 Å². The highest BCUT2D eigenvalue weighted by Gasteiger charge is 2.06. The predicted octanol–water partition coefficient (Wildman–Crippen LogP) is 4.75. The SMILES string of the molecule is [c]1ccc2c(c1)c1c[c]ccc1c1ccccc21. The highest BCUT2D eigenvalue weighted by molar-refractivity contribution is 6.25. The molecular weight excluding hydrogens is 216 g/mol. The molecule has 0 bridgehead atoms. The van der Waals surface area contributed by atoms with Gasteiger partial charge in [-0.2, -0.15) is 0 Å². The summed E-state index contributed by atoms with van der Waals surface area (Å²) in [6, 6.07) is 27.3. The van der Waals surface area contributed by atoms with Gasteiger partial charge < -0.3 is 0 Å². The van der Waals surface area contributed by atoms with Gasteiger partial charge in [0.15, 0.2) is 0 Å². The van der Waals surface area contributed by atoms with Crippen molar-refractivity contribution in [3.8, 4) is 0 Å². The summed E-state index contributed by atoms with van der Waals surface area (Å²) in [6.45, 7) is 0. The van der Waals surface area contributed by atoms with Crippen LogP contribution in [0.5, 0.6) is 0 Å². The molecule has 2 radical (unpaired) electrons. The van der Waals surface area contributed by atoms with E-state index in [0.29, 0.717) is 0 Å². The van der Waals surface area contributed by atoms with E-state index in [1.54, 1.807) is 0 Å². The Morgan fingerprint density at radius 1 is 0.500 bits per heavy atom. The minimum atomic E-state index is 1.25. The second-order valence-corrected chi connectivity index (χ2v) is 4.49. The molecule has 0 amide bonds. The molecule has 0 N–H and O–H groups in total. The molecule has 0 aromatic heterocycles. The van der Waals surface area contributed by atoms with Crippen LogP contribution in [-0.2, 0) is 0 Å². The second-order valence-electron chi connectivity index (χ2n) is 4.49. The van der Waals surface area contributed by atoms with E-state index in [-0.39, 0.29) is 0 Å². The van der Waals surface area contributed by atoms with Crippen LogP contribution in [0.1, 0.15) is 0 Å². The minimum Gasteiger partial charge on any atom is -0.0616 e. The van der Waals surface area contributed by atoms with Crippen molar-refractivity contribution in [2.24, 2.45) is 0 Å². The molecular formula is C18H10. The quantitative estimate of drug-likeness (QED) is 0.380. The van der Waals surface area contributed by atoms with Crippen molar-refractivity contribution in [2.45, 2.75) is 0 Å². The first kappa shape index (κ1) is 9.67. The summed E-state index contributed by atoms with van der Waals surface area (Å²) in [5.41, 5.74) is 0. The third kappa shape index (κ3) is 1.20. The lowest BCUT2D eigenvalue weighted by Gasteiger charge is -2.09. The topological polar surface area (TPSA) is 0 Å². The van der Waals surface area contributed by atoms with Gasteiger partial charge in [-0.15, -0.1) is 0 Å². The van der Waals surface area contributed by atoms with E-state index in [0.717, 1.165) is 0 Å². The minimum absolute atomic E-state index is 1.25. The number of rotatable bonds is 0. The Morgan fingerprint density at radius 2 is 0.944 bits per heavy atom. The van der Waals surface area contributed by atoms with Crippen LogP contribution in [0.3, 0.4) is 0 Å². The fourth-order valence-electron chi connectivity index (χ4n) is 2.73. The lowest BCUT2D eigenvalue weighted by molar-refractivity contribution is 1.76. The summed E-state index contributed by atoms with van der Waals surface area (Å²) in [5.74, 6) is 0. The Bertz CT molecular complexity index is 652. The first-order valence-electron chi connectivity index (χ1n) is 6.05. The van der Waals surface area contributed by atoms with Crippen LogP contribution in [0.25, 0.3) is 32.3 Å². The largest absolute Gasteiger partial charge is 0.0616 e. The molecule has 4 rings (SSSR count). The Hall–Kier alpha value is -2.34. The molecule has 0 fully saturated rings. The van der Waals surface area contributed by atoms with Gasteiger partial charge in [0.1, 0.15) is 0 Å². The van der Waals surface area contributed by atoms with Gasteiger partial charge in [-0.1, -0.05) is 48.5 Å². The van der Waals surface area contributed by atoms with Crippen LogP contribution in [0.15, 0.2) is 60.7 Å². The number of fused-ring (bicyclic) bond motifs is 6. The van der Waals surface area contributed by atoms with Crippen LogP contribution >= 0.6 is 0 Å². The van der Waals surface area contributed by atoms with Crippen molar-refractivity contribution in [1.29, 1.82) is 0 Å². The number of hydrogen-bond acceptors (Lipinski definition) is 0. The molecule has 4 aromatic rings. The van der Waals surface area contributed by atoms with Crippen molar-refractivity contribution in [3.05, 3.63) is 72.8 Å². The zero-order valence-corrected chi connectivity index (χ0v) is 9.77. The molecule has 82 valence electrons. The smallest absolute Gasteiger partial charge is 0.00926 e. The van der Waals surface area contributed by atoms with Gasteiger partial charge in [0, 0.05) is 0 Å². The molecule has 0 atom stereocenters. The van der Waals surface area contributed by atoms with Gasteiger partial charge in [0.25, 0.3) is 0 Å². The van der Waals surface area contributed by atoms with Gasteiger partial charge in [0.2, 0.25) is 0 Å². The summed E-state index contributed by atoms with van der Waals surface area (Å²) in [7, 11) is 0. The summed E-state index contributed by atoms with van der Waals surface area (Å²) in [6.07, 6.45) is 0. The molecule has 0 aliphatic carbocycles. The van der Waals surface area contributed by atoms with E-state index in [9.17, 15) is 0 Å². The third-order valence-corrected chi connectivity index (χ3v) is 3.53. The zero-order valence-electron chi connectivity index (χ0n) is 9.77. The van der Waals surface area contributed by atoms with Crippen LogP contribution in [0, 0.1) is 12.1 Å². The maximum absolute atomic E-state index is 3.18. The van der Waals surface area contributed by atoms with Gasteiger partial charge in [-0.05, 0) is 56.6 Å². The fourth-order valence-corrected chi connectivity index (χ4v) is 2.73. The van der Waals surface area contributed by atoms with Crippen LogP contribution in [0.2, 0.25) is 0 Å². The van der Waals surface area contributed by atoms with Crippen LogP contribution < -0.4 is 0 Å². The first-order chi connectivity index (χ1) is 8.95. The lowest BCUT2D eigenvalue weighted by Crippen LogP contribution is -1.82. The van der Waals surface area contributed by atoms with Gasteiger partial charge >= 0.3 is 0 Å². The maximum atomic E-state index is 3.18. The zero-order chi connectivity index (χ0) is 11.9. The van der Waals surface area contributed by atoms with Gasteiger partial charge in [0.05, 0.1) is 0 Å².